The van der Waals surface area contributed by atoms with Gasteiger partial charge in [-0.25, -0.2) is 10.2 Å². The molecule has 144 valence electrons. The number of hydrogen-bond acceptors (Lipinski definition) is 7. The van der Waals surface area contributed by atoms with Gasteiger partial charge in [0.25, 0.3) is 0 Å². The molecule has 0 fully saturated rings. The Morgan fingerprint density at radius 3 is 2.93 bits per heavy atom. The maximum atomic E-state index is 11.4. The second-order valence-electron chi connectivity index (χ2n) is 6.56. The fourth-order valence-corrected chi connectivity index (χ4v) is 2.92. The number of pyridine rings is 1. The summed E-state index contributed by atoms with van der Waals surface area (Å²) < 4.78 is 5.69. The molecule has 1 aromatic heterocycles. The summed E-state index contributed by atoms with van der Waals surface area (Å²) >= 11 is 0. The van der Waals surface area contributed by atoms with Crippen molar-refractivity contribution in [2.24, 2.45) is 0 Å². The molecule has 3 N–H and O–H groups in total. The van der Waals surface area contributed by atoms with Gasteiger partial charge in [-0.05, 0) is 26.2 Å². The molecule has 2 aromatic rings. The topological polar surface area (TPSA) is 90.0 Å². The van der Waals surface area contributed by atoms with Crippen molar-refractivity contribution in [2.75, 3.05) is 50.7 Å². The van der Waals surface area contributed by atoms with Crippen LogP contribution in [0.4, 0.5) is 11.4 Å². The van der Waals surface area contributed by atoms with Crippen LogP contribution in [0.25, 0.3) is 0 Å². The third-order valence-electron chi connectivity index (χ3n) is 4.32. The molecule has 0 spiro atoms. The molecule has 1 unspecified atom stereocenters. The van der Waals surface area contributed by atoms with Crippen LogP contribution in [0.3, 0.4) is 0 Å². The first-order chi connectivity index (χ1) is 13.1. The molecule has 0 amide bonds. The van der Waals surface area contributed by atoms with Gasteiger partial charge in [-0.2, -0.15) is 0 Å². The number of nitrogens with one attached hydrogen (secondary N) is 2. The van der Waals surface area contributed by atoms with E-state index in [2.05, 4.69) is 20.6 Å². The molecular formula is C19H25N5O3. The summed E-state index contributed by atoms with van der Waals surface area (Å²) in [5, 5.41) is 14.7. The number of rotatable bonds is 9. The van der Waals surface area contributed by atoms with E-state index in [1.165, 1.54) is 18.5 Å². The third-order valence-corrected chi connectivity index (χ3v) is 4.32. The van der Waals surface area contributed by atoms with Crippen molar-refractivity contribution < 1.29 is 14.6 Å². The third kappa shape index (κ3) is 4.73. The van der Waals surface area contributed by atoms with Crippen LogP contribution in [0.5, 0.6) is 0 Å². The summed E-state index contributed by atoms with van der Waals surface area (Å²) in [7, 11) is 4.03. The molecule has 3 rings (SSSR count). The minimum absolute atomic E-state index is 0.190. The number of carboxylic acids is 1. The fourth-order valence-electron chi connectivity index (χ4n) is 2.92. The zero-order valence-electron chi connectivity index (χ0n) is 15.6. The molecule has 1 aliphatic rings. The lowest BCUT2D eigenvalue weighted by molar-refractivity contribution is 0.0697. The highest BCUT2D eigenvalue weighted by molar-refractivity contribution is 5.94. The second-order valence-corrected chi connectivity index (χ2v) is 6.56. The number of likely N-dealkylation sites (N-methyl/N-ethyl adjacent to an activating group) is 1. The fraction of sp³-hybridized carbons (Fsp3) is 0.368. The van der Waals surface area contributed by atoms with E-state index in [9.17, 15) is 9.90 Å². The Bertz CT molecular complexity index is 783. The summed E-state index contributed by atoms with van der Waals surface area (Å²) in [6, 6.07) is 9.49. The van der Waals surface area contributed by atoms with E-state index in [1.54, 1.807) is 0 Å². The first kappa shape index (κ1) is 19.1. The predicted octanol–water partition coefficient (Wildman–Crippen LogP) is 1.79. The van der Waals surface area contributed by atoms with Gasteiger partial charge in [-0.15, -0.1) is 0 Å². The van der Waals surface area contributed by atoms with E-state index >= 15 is 0 Å². The van der Waals surface area contributed by atoms with E-state index in [1.807, 2.05) is 43.4 Å². The number of aromatic nitrogens is 1. The van der Waals surface area contributed by atoms with E-state index in [4.69, 9.17) is 4.74 Å². The summed E-state index contributed by atoms with van der Waals surface area (Å²) in [5.41, 5.74) is 6.14. The van der Waals surface area contributed by atoms with Crippen LogP contribution in [0, 0.1) is 0 Å². The monoisotopic (exact) mass is 371 g/mol. The Morgan fingerprint density at radius 1 is 1.33 bits per heavy atom. The highest BCUT2D eigenvalue weighted by Gasteiger charge is 2.28. The van der Waals surface area contributed by atoms with E-state index in [0.29, 0.717) is 25.4 Å². The molecule has 1 aromatic carbocycles. The maximum absolute atomic E-state index is 11.4. The molecule has 0 bridgehead atoms. The highest BCUT2D eigenvalue weighted by Crippen LogP contribution is 2.33. The van der Waals surface area contributed by atoms with Gasteiger partial charge in [0.05, 0.1) is 42.9 Å². The van der Waals surface area contributed by atoms with Gasteiger partial charge in [-0.3, -0.25) is 4.98 Å². The van der Waals surface area contributed by atoms with Crippen LogP contribution in [-0.4, -0.2) is 61.4 Å². The Labute approximate surface area is 158 Å². The number of ether oxygens (including phenoxy) is 1. The lowest BCUT2D eigenvalue weighted by Crippen LogP contribution is -2.39. The average molecular weight is 371 g/mol. The quantitative estimate of drug-likeness (QED) is 0.575. The smallest absolute Gasteiger partial charge is 0.337 e. The Kier molecular flexibility index (Phi) is 6.23. The Morgan fingerprint density at radius 2 is 2.15 bits per heavy atom. The zero-order chi connectivity index (χ0) is 19.2. The van der Waals surface area contributed by atoms with Gasteiger partial charge in [0, 0.05) is 18.3 Å². The minimum Gasteiger partial charge on any atom is -0.478 e. The van der Waals surface area contributed by atoms with Gasteiger partial charge in [0.2, 0.25) is 0 Å². The van der Waals surface area contributed by atoms with Crippen LogP contribution in [0.2, 0.25) is 0 Å². The van der Waals surface area contributed by atoms with Crippen LogP contribution >= 0.6 is 0 Å². The van der Waals surface area contributed by atoms with Crippen molar-refractivity contribution in [3.63, 3.8) is 0 Å². The van der Waals surface area contributed by atoms with E-state index < -0.39 is 5.97 Å². The predicted molar refractivity (Wildman–Crippen MR) is 104 cm³/mol. The molecule has 2 heterocycles. The van der Waals surface area contributed by atoms with Crippen LogP contribution in [-0.2, 0) is 4.74 Å². The largest absolute Gasteiger partial charge is 0.478 e. The molecule has 8 heteroatoms. The van der Waals surface area contributed by atoms with Crippen molar-refractivity contribution in [2.45, 2.75) is 6.17 Å². The van der Waals surface area contributed by atoms with Crippen LogP contribution in [0.1, 0.15) is 22.1 Å². The standard InChI is InChI=1S/C19H25N5O3/c1-23(2)9-11-27-12-10-24-17-6-4-3-5-15(17)18(22-24)21-16-13-20-8-7-14(16)19(25)26/h3-8,13,18,21-22H,9-12H2,1-2H3,(H,25,26). The van der Waals surface area contributed by atoms with Gasteiger partial charge < -0.3 is 25.1 Å². The van der Waals surface area contributed by atoms with Crippen molar-refractivity contribution in [3.05, 3.63) is 53.9 Å². The molecule has 8 nitrogen and oxygen atoms in total. The van der Waals surface area contributed by atoms with Crippen LogP contribution < -0.4 is 15.8 Å². The number of para-hydroxylation sites is 1. The zero-order valence-corrected chi connectivity index (χ0v) is 15.6. The van der Waals surface area contributed by atoms with Gasteiger partial charge >= 0.3 is 5.97 Å². The minimum atomic E-state index is -0.989. The molecule has 1 aliphatic heterocycles. The first-order valence-electron chi connectivity index (χ1n) is 8.85. The summed E-state index contributed by atoms with van der Waals surface area (Å²) in [5.74, 6) is -0.989. The van der Waals surface area contributed by atoms with Crippen LogP contribution in [0.15, 0.2) is 42.7 Å². The lowest BCUT2D eigenvalue weighted by atomic mass is 10.1. The van der Waals surface area contributed by atoms with Crippen molar-refractivity contribution in [1.82, 2.24) is 15.3 Å². The highest BCUT2D eigenvalue weighted by atomic mass is 16.5. The summed E-state index contributed by atoms with van der Waals surface area (Å²) in [4.78, 5) is 17.6. The van der Waals surface area contributed by atoms with Crippen molar-refractivity contribution in [1.29, 1.82) is 0 Å². The molecule has 0 aliphatic carbocycles. The van der Waals surface area contributed by atoms with Crippen molar-refractivity contribution >= 4 is 17.3 Å². The number of hydrogen-bond donors (Lipinski definition) is 3. The number of benzene rings is 1. The summed E-state index contributed by atoms with van der Waals surface area (Å²) in [6.07, 6.45) is 2.76. The average Bonchev–Trinajstić information content (AvgIpc) is 2.99. The number of carboxylic acid groups (broad SMARTS) is 1. The second kappa shape index (κ2) is 8.81. The Hall–Kier alpha value is -2.68. The molecule has 1 atom stereocenters. The lowest BCUT2D eigenvalue weighted by Gasteiger charge is -2.22. The molecular weight excluding hydrogens is 346 g/mol. The van der Waals surface area contributed by atoms with E-state index in [0.717, 1.165) is 17.8 Å². The van der Waals surface area contributed by atoms with E-state index in [-0.39, 0.29) is 11.7 Å². The molecule has 27 heavy (non-hydrogen) atoms. The number of nitrogens with zero attached hydrogens (tertiary/aromatic N) is 3. The maximum Gasteiger partial charge on any atom is 0.337 e. The molecule has 0 radical (unpaired) electrons. The number of fused-ring (bicyclic) bond motifs is 1. The molecule has 0 saturated heterocycles. The van der Waals surface area contributed by atoms with Gasteiger partial charge in [0.1, 0.15) is 6.17 Å². The number of hydrazine groups is 1. The van der Waals surface area contributed by atoms with Gasteiger partial charge in [-0.1, -0.05) is 18.2 Å². The number of aromatic carboxylic acids is 1. The molecule has 0 saturated carbocycles. The Balaban J connectivity index is 1.67. The summed E-state index contributed by atoms with van der Waals surface area (Å²) in [6.45, 7) is 2.84. The SMILES string of the molecule is CN(C)CCOCCN1NC(Nc2cnccc2C(=O)O)c2ccccc21. The number of carbonyl (C=O) groups is 1. The van der Waals surface area contributed by atoms with Crippen molar-refractivity contribution in [3.8, 4) is 0 Å². The normalized spacial score (nSPS) is 15.8. The van der Waals surface area contributed by atoms with Gasteiger partial charge in [0.15, 0.2) is 0 Å². The first-order valence-corrected chi connectivity index (χ1v) is 8.85. The number of anilines is 2.